The molecule has 1 fully saturated rings. The fourth-order valence-electron chi connectivity index (χ4n) is 2.92. The Balaban J connectivity index is 1.61. The highest BCUT2D eigenvalue weighted by molar-refractivity contribution is 5.98. The van der Waals surface area contributed by atoms with Crippen LogP contribution in [0.4, 0.5) is 0 Å². The van der Waals surface area contributed by atoms with Crippen molar-refractivity contribution in [1.29, 1.82) is 0 Å². The highest BCUT2D eigenvalue weighted by Crippen LogP contribution is 2.18. The number of benzene rings is 1. The Kier molecular flexibility index (Phi) is 4.25. The van der Waals surface area contributed by atoms with Crippen molar-refractivity contribution < 1.29 is 9.53 Å². The van der Waals surface area contributed by atoms with E-state index in [2.05, 4.69) is 29.1 Å². The third kappa shape index (κ3) is 3.10. The third-order valence-electron chi connectivity index (χ3n) is 4.24. The van der Waals surface area contributed by atoms with Gasteiger partial charge in [-0.2, -0.15) is 0 Å². The van der Waals surface area contributed by atoms with Gasteiger partial charge < -0.3 is 14.6 Å². The van der Waals surface area contributed by atoms with Crippen LogP contribution in [0.25, 0.3) is 10.9 Å². The monoisotopic (exact) mass is 286 g/mol. The number of hydrogen-bond donors (Lipinski definition) is 1. The first-order valence-electron chi connectivity index (χ1n) is 7.72. The SMILES string of the molecule is CCn1ccc2cc(C(=O)NCCC3CCOC3)ccc21. The van der Waals surface area contributed by atoms with Crippen LogP contribution in [0.1, 0.15) is 30.1 Å². The normalized spacial score (nSPS) is 18.2. The van der Waals surface area contributed by atoms with Gasteiger partial charge in [-0.15, -0.1) is 0 Å². The number of fused-ring (bicyclic) bond motifs is 1. The molecule has 1 saturated heterocycles. The first-order chi connectivity index (χ1) is 10.3. The molecule has 0 spiro atoms. The molecule has 1 aliphatic rings. The molecule has 21 heavy (non-hydrogen) atoms. The molecule has 1 atom stereocenters. The van der Waals surface area contributed by atoms with Crippen LogP contribution in [-0.2, 0) is 11.3 Å². The van der Waals surface area contributed by atoms with Crippen molar-refractivity contribution in [1.82, 2.24) is 9.88 Å². The summed E-state index contributed by atoms with van der Waals surface area (Å²) in [5, 5.41) is 4.13. The lowest BCUT2D eigenvalue weighted by Crippen LogP contribution is -2.26. The number of rotatable bonds is 5. The van der Waals surface area contributed by atoms with Crippen molar-refractivity contribution in [3.63, 3.8) is 0 Å². The van der Waals surface area contributed by atoms with E-state index in [1.54, 1.807) is 0 Å². The van der Waals surface area contributed by atoms with E-state index < -0.39 is 0 Å². The standard InChI is InChI=1S/C17H22N2O2/c1-2-19-9-6-14-11-15(3-4-16(14)19)17(20)18-8-5-13-7-10-21-12-13/h3-4,6,9,11,13H,2,5,7-8,10,12H2,1H3,(H,18,20). The predicted molar refractivity (Wildman–Crippen MR) is 83.5 cm³/mol. The number of aromatic nitrogens is 1. The topological polar surface area (TPSA) is 43.3 Å². The molecule has 2 aromatic rings. The molecule has 1 amide bonds. The second-order valence-electron chi connectivity index (χ2n) is 5.65. The first kappa shape index (κ1) is 14.1. The Morgan fingerprint density at radius 3 is 3.10 bits per heavy atom. The molecule has 4 heteroatoms. The van der Waals surface area contributed by atoms with Gasteiger partial charge >= 0.3 is 0 Å². The van der Waals surface area contributed by atoms with E-state index in [9.17, 15) is 4.79 Å². The molecular weight excluding hydrogens is 264 g/mol. The Bertz CT molecular complexity index is 627. The number of hydrogen-bond acceptors (Lipinski definition) is 2. The van der Waals surface area contributed by atoms with Crippen LogP contribution in [0.5, 0.6) is 0 Å². The van der Waals surface area contributed by atoms with E-state index in [1.165, 1.54) is 5.52 Å². The number of carbonyl (C=O) groups is 1. The Morgan fingerprint density at radius 2 is 2.33 bits per heavy atom. The maximum absolute atomic E-state index is 12.2. The average molecular weight is 286 g/mol. The van der Waals surface area contributed by atoms with Gasteiger partial charge in [0.05, 0.1) is 0 Å². The number of nitrogens with one attached hydrogen (secondary N) is 1. The van der Waals surface area contributed by atoms with Crippen molar-refractivity contribution in [3.05, 3.63) is 36.0 Å². The largest absolute Gasteiger partial charge is 0.381 e. The van der Waals surface area contributed by atoms with Gasteiger partial charge in [0.2, 0.25) is 0 Å². The smallest absolute Gasteiger partial charge is 0.251 e. The maximum atomic E-state index is 12.2. The number of ether oxygens (including phenoxy) is 1. The summed E-state index contributed by atoms with van der Waals surface area (Å²) in [4.78, 5) is 12.2. The number of amides is 1. The van der Waals surface area contributed by atoms with Gasteiger partial charge in [0.25, 0.3) is 5.91 Å². The summed E-state index contributed by atoms with van der Waals surface area (Å²) in [6, 6.07) is 7.96. The molecule has 1 unspecified atom stereocenters. The molecule has 112 valence electrons. The summed E-state index contributed by atoms with van der Waals surface area (Å²) in [6.45, 7) is 5.49. The van der Waals surface area contributed by atoms with Crippen molar-refractivity contribution in [3.8, 4) is 0 Å². The molecule has 1 aromatic heterocycles. The van der Waals surface area contributed by atoms with Crippen molar-refractivity contribution in [2.45, 2.75) is 26.3 Å². The number of aryl methyl sites for hydroxylation is 1. The van der Waals surface area contributed by atoms with Gasteiger partial charge in [-0.1, -0.05) is 0 Å². The fourth-order valence-corrected chi connectivity index (χ4v) is 2.92. The zero-order valence-electron chi connectivity index (χ0n) is 12.5. The summed E-state index contributed by atoms with van der Waals surface area (Å²) in [5.74, 6) is 0.617. The van der Waals surface area contributed by atoms with E-state index in [0.717, 1.165) is 50.1 Å². The van der Waals surface area contributed by atoms with Crippen LogP contribution in [-0.4, -0.2) is 30.2 Å². The average Bonchev–Trinajstić information content (AvgIpc) is 3.15. The minimum Gasteiger partial charge on any atom is -0.381 e. The summed E-state index contributed by atoms with van der Waals surface area (Å²) in [6.07, 6.45) is 4.18. The van der Waals surface area contributed by atoms with Crippen LogP contribution in [0.2, 0.25) is 0 Å². The van der Waals surface area contributed by atoms with E-state index in [0.29, 0.717) is 5.92 Å². The highest BCUT2D eigenvalue weighted by atomic mass is 16.5. The van der Waals surface area contributed by atoms with E-state index in [-0.39, 0.29) is 5.91 Å². The van der Waals surface area contributed by atoms with E-state index in [4.69, 9.17) is 4.74 Å². The van der Waals surface area contributed by atoms with Crippen LogP contribution >= 0.6 is 0 Å². The maximum Gasteiger partial charge on any atom is 0.251 e. The number of carbonyl (C=O) groups excluding carboxylic acids is 1. The van der Waals surface area contributed by atoms with Crippen LogP contribution in [0.15, 0.2) is 30.5 Å². The lowest BCUT2D eigenvalue weighted by Gasteiger charge is -2.09. The van der Waals surface area contributed by atoms with Gasteiger partial charge in [0, 0.05) is 49.0 Å². The van der Waals surface area contributed by atoms with Crippen LogP contribution in [0.3, 0.4) is 0 Å². The quantitative estimate of drug-likeness (QED) is 0.918. The lowest BCUT2D eigenvalue weighted by molar-refractivity contribution is 0.0950. The van der Waals surface area contributed by atoms with Crippen molar-refractivity contribution >= 4 is 16.8 Å². The first-order valence-corrected chi connectivity index (χ1v) is 7.72. The molecule has 1 N–H and O–H groups in total. The van der Waals surface area contributed by atoms with E-state index in [1.807, 2.05) is 18.2 Å². The van der Waals surface area contributed by atoms with Crippen LogP contribution in [0, 0.1) is 5.92 Å². The Morgan fingerprint density at radius 1 is 1.43 bits per heavy atom. The minimum absolute atomic E-state index is 0.0139. The Hall–Kier alpha value is -1.81. The molecule has 0 radical (unpaired) electrons. The van der Waals surface area contributed by atoms with Gasteiger partial charge in [-0.05, 0) is 49.9 Å². The third-order valence-corrected chi connectivity index (χ3v) is 4.24. The second kappa shape index (κ2) is 6.31. The predicted octanol–water partition coefficient (Wildman–Crippen LogP) is 2.82. The molecule has 3 rings (SSSR count). The Labute approximate surface area is 125 Å². The zero-order chi connectivity index (χ0) is 14.7. The minimum atomic E-state index is 0.0139. The summed E-state index contributed by atoms with van der Waals surface area (Å²) >= 11 is 0. The summed E-state index contributed by atoms with van der Waals surface area (Å²) in [5.41, 5.74) is 1.91. The molecule has 2 heterocycles. The van der Waals surface area contributed by atoms with Gasteiger partial charge in [-0.3, -0.25) is 4.79 Å². The molecule has 0 saturated carbocycles. The summed E-state index contributed by atoms with van der Waals surface area (Å²) in [7, 11) is 0. The van der Waals surface area contributed by atoms with Crippen molar-refractivity contribution in [2.75, 3.05) is 19.8 Å². The van der Waals surface area contributed by atoms with E-state index >= 15 is 0 Å². The van der Waals surface area contributed by atoms with Gasteiger partial charge in [-0.25, -0.2) is 0 Å². The van der Waals surface area contributed by atoms with Gasteiger partial charge in [0.15, 0.2) is 0 Å². The van der Waals surface area contributed by atoms with Crippen molar-refractivity contribution in [2.24, 2.45) is 5.92 Å². The highest BCUT2D eigenvalue weighted by Gasteiger charge is 2.15. The fraction of sp³-hybridized carbons (Fsp3) is 0.471. The lowest BCUT2D eigenvalue weighted by atomic mass is 10.1. The summed E-state index contributed by atoms with van der Waals surface area (Å²) < 4.78 is 7.52. The van der Waals surface area contributed by atoms with Crippen LogP contribution < -0.4 is 5.32 Å². The molecule has 1 aromatic carbocycles. The molecule has 0 bridgehead atoms. The van der Waals surface area contributed by atoms with Gasteiger partial charge in [0.1, 0.15) is 0 Å². The molecule has 4 nitrogen and oxygen atoms in total. The molecular formula is C17H22N2O2. The second-order valence-corrected chi connectivity index (χ2v) is 5.65. The number of nitrogens with zero attached hydrogens (tertiary/aromatic N) is 1. The zero-order valence-corrected chi connectivity index (χ0v) is 12.5. The molecule has 0 aliphatic carbocycles. The molecule has 1 aliphatic heterocycles.